The highest BCUT2D eigenvalue weighted by molar-refractivity contribution is 6.32. The standard InChI is InChI=1S/C12H13ClO2/c13-10-7-8(12(14)5-6-12)1-4-11(10)15-9-2-3-9/h1,4,7,9,14H,2-3,5-6H2. The summed E-state index contributed by atoms with van der Waals surface area (Å²) in [7, 11) is 0. The molecule has 3 heteroatoms. The van der Waals surface area contributed by atoms with Gasteiger partial charge in [0.2, 0.25) is 0 Å². The number of halogens is 1. The van der Waals surface area contributed by atoms with E-state index < -0.39 is 5.60 Å². The van der Waals surface area contributed by atoms with E-state index in [2.05, 4.69) is 0 Å². The van der Waals surface area contributed by atoms with E-state index in [1.165, 1.54) is 0 Å². The van der Waals surface area contributed by atoms with Crippen molar-refractivity contribution in [3.05, 3.63) is 28.8 Å². The van der Waals surface area contributed by atoms with Gasteiger partial charge in [0.15, 0.2) is 0 Å². The van der Waals surface area contributed by atoms with E-state index >= 15 is 0 Å². The number of hydrogen-bond acceptors (Lipinski definition) is 2. The molecule has 15 heavy (non-hydrogen) atoms. The van der Waals surface area contributed by atoms with Gasteiger partial charge in [0.1, 0.15) is 5.75 Å². The summed E-state index contributed by atoms with van der Waals surface area (Å²) in [5.41, 5.74) is 0.303. The Labute approximate surface area is 93.8 Å². The number of ether oxygens (including phenoxy) is 1. The van der Waals surface area contributed by atoms with Crippen LogP contribution in [0.25, 0.3) is 0 Å². The van der Waals surface area contributed by atoms with Crippen LogP contribution in [0.1, 0.15) is 31.2 Å². The smallest absolute Gasteiger partial charge is 0.138 e. The topological polar surface area (TPSA) is 29.5 Å². The molecular weight excluding hydrogens is 212 g/mol. The van der Waals surface area contributed by atoms with Crippen LogP contribution in [0.2, 0.25) is 5.02 Å². The highest BCUT2D eigenvalue weighted by Gasteiger charge is 2.42. The minimum Gasteiger partial charge on any atom is -0.489 e. The molecule has 2 aliphatic rings. The number of hydrogen-bond donors (Lipinski definition) is 1. The van der Waals surface area contributed by atoms with Crippen molar-refractivity contribution < 1.29 is 9.84 Å². The van der Waals surface area contributed by atoms with Crippen molar-refractivity contribution in [1.29, 1.82) is 0 Å². The van der Waals surface area contributed by atoms with Crippen molar-refractivity contribution in [1.82, 2.24) is 0 Å². The molecule has 1 aromatic carbocycles. The predicted molar refractivity (Wildman–Crippen MR) is 58.2 cm³/mol. The van der Waals surface area contributed by atoms with E-state index in [1.807, 2.05) is 18.2 Å². The Bertz CT molecular complexity index is 395. The quantitative estimate of drug-likeness (QED) is 0.856. The van der Waals surface area contributed by atoms with Crippen LogP contribution in [0, 0.1) is 0 Å². The first kappa shape index (κ1) is 9.49. The molecule has 0 atom stereocenters. The highest BCUT2D eigenvalue weighted by atomic mass is 35.5. The Kier molecular flexibility index (Phi) is 1.98. The van der Waals surface area contributed by atoms with Crippen LogP contribution in [0.5, 0.6) is 5.75 Å². The van der Waals surface area contributed by atoms with Gasteiger partial charge in [-0.05, 0) is 43.4 Å². The monoisotopic (exact) mass is 224 g/mol. The van der Waals surface area contributed by atoms with E-state index in [1.54, 1.807) is 0 Å². The molecule has 1 N–H and O–H groups in total. The maximum absolute atomic E-state index is 9.91. The molecule has 3 rings (SSSR count). The van der Waals surface area contributed by atoms with Crippen LogP contribution in [0.4, 0.5) is 0 Å². The van der Waals surface area contributed by atoms with Gasteiger partial charge in [-0.25, -0.2) is 0 Å². The van der Waals surface area contributed by atoms with E-state index in [-0.39, 0.29) is 0 Å². The van der Waals surface area contributed by atoms with Crippen LogP contribution in [-0.2, 0) is 5.60 Å². The number of benzene rings is 1. The van der Waals surface area contributed by atoms with Gasteiger partial charge < -0.3 is 9.84 Å². The second-order valence-corrected chi connectivity index (χ2v) is 4.90. The first-order valence-corrected chi connectivity index (χ1v) is 5.74. The molecule has 0 radical (unpaired) electrons. The molecule has 2 aliphatic carbocycles. The molecule has 2 saturated carbocycles. The zero-order valence-electron chi connectivity index (χ0n) is 8.37. The molecule has 0 bridgehead atoms. The zero-order valence-corrected chi connectivity index (χ0v) is 9.13. The maximum atomic E-state index is 9.91. The van der Waals surface area contributed by atoms with Crippen LogP contribution in [-0.4, -0.2) is 11.2 Å². The predicted octanol–water partition coefficient (Wildman–Crippen LogP) is 2.86. The molecule has 0 saturated heterocycles. The van der Waals surface area contributed by atoms with Gasteiger partial charge in [-0.1, -0.05) is 17.7 Å². The second-order valence-electron chi connectivity index (χ2n) is 4.49. The Morgan fingerprint density at radius 3 is 2.60 bits per heavy atom. The molecule has 80 valence electrons. The second kappa shape index (κ2) is 3.13. The maximum Gasteiger partial charge on any atom is 0.138 e. The van der Waals surface area contributed by atoms with Crippen molar-refractivity contribution in [3.8, 4) is 5.75 Å². The molecule has 2 fully saturated rings. The average molecular weight is 225 g/mol. The van der Waals surface area contributed by atoms with Crippen LogP contribution >= 0.6 is 11.6 Å². The lowest BCUT2D eigenvalue weighted by Crippen LogP contribution is -2.04. The summed E-state index contributed by atoms with van der Waals surface area (Å²) in [5, 5.41) is 10.5. The van der Waals surface area contributed by atoms with E-state index in [9.17, 15) is 5.11 Å². The lowest BCUT2D eigenvalue weighted by Gasteiger charge is -2.11. The molecule has 1 aromatic rings. The fourth-order valence-electron chi connectivity index (χ4n) is 1.66. The minimum absolute atomic E-state index is 0.359. The van der Waals surface area contributed by atoms with Gasteiger partial charge >= 0.3 is 0 Å². The molecule has 0 amide bonds. The molecule has 0 heterocycles. The molecule has 0 unspecified atom stereocenters. The Hall–Kier alpha value is -0.730. The molecular formula is C12H13ClO2. The van der Waals surface area contributed by atoms with E-state index in [0.717, 1.165) is 37.0 Å². The molecule has 0 aromatic heterocycles. The molecule has 0 spiro atoms. The highest BCUT2D eigenvalue weighted by Crippen LogP contribution is 2.47. The van der Waals surface area contributed by atoms with Crippen molar-refractivity contribution >= 4 is 11.6 Å². The third-order valence-corrected chi connectivity index (χ3v) is 3.31. The largest absolute Gasteiger partial charge is 0.489 e. The molecule has 2 nitrogen and oxygen atoms in total. The fourth-order valence-corrected chi connectivity index (χ4v) is 1.88. The van der Waals surface area contributed by atoms with E-state index in [0.29, 0.717) is 11.1 Å². The van der Waals surface area contributed by atoms with Crippen molar-refractivity contribution in [2.24, 2.45) is 0 Å². The van der Waals surface area contributed by atoms with Gasteiger partial charge in [-0.15, -0.1) is 0 Å². The minimum atomic E-state index is -0.609. The average Bonchev–Trinajstić information content (AvgIpc) is 3.08. The van der Waals surface area contributed by atoms with Gasteiger partial charge in [0.25, 0.3) is 0 Å². The van der Waals surface area contributed by atoms with Crippen molar-refractivity contribution in [3.63, 3.8) is 0 Å². The van der Waals surface area contributed by atoms with Gasteiger partial charge in [0, 0.05) is 0 Å². The number of aliphatic hydroxyl groups is 1. The Balaban J connectivity index is 1.85. The fraction of sp³-hybridized carbons (Fsp3) is 0.500. The molecule has 0 aliphatic heterocycles. The summed E-state index contributed by atoms with van der Waals surface area (Å²) < 4.78 is 5.63. The summed E-state index contributed by atoms with van der Waals surface area (Å²) in [6.07, 6.45) is 4.29. The summed E-state index contributed by atoms with van der Waals surface area (Å²) in [6.45, 7) is 0. The summed E-state index contributed by atoms with van der Waals surface area (Å²) in [5.74, 6) is 0.743. The third kappa shape index (κ3) is 1.84. The Morgan fingerprint density at radius 2 is 2.07 bits per heavy atom. The first-order valence-electron chi connectivity index (χ1n) is 5.36. The number of rotatable bonds is 3. The Morgan fingerprint density at radius 1 is 1.33 bits per heavy atom. The van der Waals surface area contributed by atoms with Gasteiger partial charge in [-0.3, -0.25) is 0 Å². The third-order valence-electron chi connectivity index (χ3n) is 3.01. The van der Waals surface area contributed by atoms with Gasteiger partial charge in [-0.2, -0.15) is 0 Å². The van der Waals surface area contributed by atoms with Crippen molar-refractivity contribution in [2.45, 2.75) is 37.4 Å². The van der Waals surface area contributed by atoms with Crippen LogP contribution in [0.15, 0.2) is 18.2 Å². The lowest BCUT2D eigenvalue weighted by molar-refractivity contribution is 0.151. The zero-order chi connectivity index (χ0) is 10.5. The van der Waals surface area contributed by atoms with Crippen LogP contribution < -0.4 is 4.74 Å². The van der Waals surface area contributed by atoms with Crippen molar-refractivity contribution in [2.75, 3.05) is 0 Å². The van der Waals surface area contributed by atoms with Crippen LogP contribution in [0.3, 0.4) is 0 Å². The first-order chi connectivity index (χ1) is 7.17. The SMILES string of the molecule is OC1(c2ccc(OC3CC3)c(Cl)c2)CC1. The normalized spacial score (nSPS) is 22.5. The lowest BCUT2D eigenvalue weighted by atomic mass is 10.1. The van der Waals surface area contributed by atoms with Gasteiger partial charge in [0.05, 0.1) is 16.7 Å². The summed E-state index contributed by atoms with van der Waals surface area (Å²) in [6, 6.07) is 5.61. The summed E-state index contributed by atoms with van der Waals surface area (Å²) >= 11 is 6.10. The summed E-state index contributed by atoms with van der Waals surface area (Å²) in [4.78, 5) is 0. The van der Waals surface area contributed by atoms with E-state index in [4.69, 9.17) is 16.3 Å².